The summed E-state index contributed by atoms with van der Waals surface area (Å²) in [5.41, 5.74) is 2.19. The number of fused-ring (bicyclic) bond motifs is 4. The number of piperidine rings is 1. The van der Waals surface area contributed by atoms with Crippen LogP contribution in [0.5, 0.6) is 11.5 Å². The highest BCUT2D eigenvalue weighted by Crippen LogP contribution is 2.36. The Hall–Kier alpha value is -2.27. The number of pyridine rings is 1. The van der Waals surface area contributed by atoms with Crippen molar-refractivity contribution in [1.29, 1.82) is 0 Å². The fraction of sp³-hybridized carbons (Fsp3) is 0.421. The van der Waals surface area contributed by atoms with E-state index in [9.17, 15) is 9.90 Å². The number of rotatable bonds is 3. The van der Waals surface area contributed by atoms with Crippen LogP contribution in [0.15, 0.2) is 41.2 Å². The molecule has 126 valence electrons. The summed E-state index contributed by atoms with van der Waals surface area (Å²) in [6.45, 7) is 3.41. The summed E-state index contributed by atoms with van der Waals surface area (Å²) < 4.78 is 7.09. The summed E-state index contributed by atoms with van der Waals surface area (Å²) in [5.74, 6) is 1.84. The van der Waals surface area contributed by atoms with Crippen LogP contribution in [0, 0.1) is 5.92 Å². The lowest BCUT2D eigenvalue weighted by atomic mass is 9.83. The van der Waals surface area contributed by atoms with Gasteiger partial charge in [-0.25, -0.2) is 0 Å². The molecule has 1 saturated heterocycles. The van der Waals surface area contributed by atoms with Crippen LogP contribution in [0.2, 0.25) is 0 Å². The average molecular weight is 326 g/mol. The Labute approximate surface area is 141 Å². The predicted octanol–water partition coefficient (Wildman–Crippen LogP) is 2.18. The van der Waals surface area contributed by atoms with Crippen LogP contribution in [0.1, 0.15) is 23.6 Å². The van der Waals surface area contributed by atoms with E-state index in [4.69, 9.17) is 4.74 Å². The molecule has 0 spiro atoms. The number of likely N-dealkylation sites (tertiary alicyclic amines) is 1. The van der Waals surface area contributed by atoms with Crippen molar-refractivity contribution in [3.8, 4) is 11.5 Å². The first kappa shape index (κ1) is 15.3. The normalized spacial score (nSPS) is 22.9. The van der Waals surface area contributed by atoms with E-state index in [0.717, 1.165) is 43.9 Å². The van der Waals surface area contributed by atoms with Gasteiger partial charge in [-0.3, -0.25) is 9.69 Å². The summed E-state index contributed by atoms with van der Waals surface area (Å²) in [7, 11) is 1.60. The van der Waals surface area contributed by atoms with Crippen molar-refractivity contribution in [3.05, 3.63) is 58.0 Å². The molecule has 3 heterocycles. The summed E-state index contributed by atoms with van der Waals surface area (Å²) in [6.07, 6.45) is 1.15. The van der Waals surface area contributed by atoms with Gasteiger partial charge in [-0.05, 0) is 24.5 Å². The van der Waals surface area contributed by atoms with Crippen LogP contribution < -0.4 is 10.3 Å². The summed E-state index contributed by atoms with van der Waals surface area (Å²) in [5, 5.41) is 10.2. The predicted molar refractivity (Wildman–Crippen MR) is 91.5 cm³/mol. The molecular weight excluding hydrogens is 304 g/mol. The second-order valence-corrected chi connectivity index (χ2v) is 6.89. The third-order valence-corrected chi connectivity index (χ3v) is 5.24. The number of ether oxygens (including phenoxy) is 1. The molecule has 1 N–H and O–H groups in total. The Kier molecular flexibility index (Phi) is 3.81. The van der Waals surface area contributed by atoms with E-state index < -0.39 is 0 Å². The number of benzene rings is 1. The van der Waals surface area contributed by atoms with Gasteiger partial charge in [0.15, 0.2) is 0 Å². The summed E-state index contributed by atoms with van der Waals surface area (Å²) >= 11 is 0. The Morgan fingerprint density at radius 1 is 1.21 bits per heavy atom. The van der Waals surface area contributed by atoms with E-state index in [1.54, 1.807) is 19.2 Å². The van der Waals surface area contributed by atoms with Crippen LogP contribution in [0.3, 0.4) is 0 Å². The molecule has 1 fully saturated rings. The van der Waals surface area contributed by atoms with Gasteiger partial charge in [-0.1, -0.05) is 12.1 Å². The Morgan fingerprint density at radius 2 is 2.08 bits per heavy atom. The number of aromatic nitrogens is 1. The molecule has 0 radical (unpaired) electrons. The Balaban J connectivity index is 1.55. The third-order valence-electron chi connectivity index (χ3n) is 5.24. The van der Waals surface area contributed by atoms with Crippen molar-refractivity contribution in [2.75, 3.05) is 20.2 Å². The zero-order valence-corrected chi connectivity index (χ0v) is 13.8. The van der Waals surface area contributed by atoms with Crippen LogP contribution in [0.4, 0.5) is 0 Å². The topological polar surface area (TPSA) is 54.7 Å². The van der Waals surface area contributed by atoms with E-state index in [2.05, 4.69) is 11.0 Å². The minimum atomic E-state index is 0.114. The van der Waals surface area contributed by atoms with Crippen molar-refractivity contribution in [2.24, 2.45) is 5.92 Å². The SMILES string of the molecule is COc1ccc(CN2CC3CC(C2)c2cccc(=O)n2C3)c(O)c1. The van der Waals surface area contributed by atoms with Crippen molar-refractivity contribution in [2.45, 2.75) is 25.4 Å². The fourth-order valence-corrected chi connectivity index (χ4v) is 4.17. The third kappa shape index (κ3) is 2.69. The van der Waals surface area contributed by atoms with Crippen molar-refractivity contribution >= 4 is 0 Å². The van der Waals surface area contributed by atoms with Crippen LogP contribution in [-0.2, 0) is 13.1 Å². The second-order valence-electron chi connectivity index (χ2n) is 6.89. The maximum absolute atomic E-state index is 12.1. The van der Waals surface area contributed by atoms with Gasteiger partial charge in [-0.2, -0.15) is 0 Å². The van der Waals surface area contributed by atoms with E-state index in [1.807, 2.05) is 22.8 Å². The monoisotopic (exact) mass is 326 g/mol. The number of phenols is 1. The molecule has 0 aliphatic carbocycles. The molecule has 4 rings (SSSR count). The van der Waals surface area contributed by atoms with E-state index in [-0.39, 0.29) is 11.3 Å². The van der Waals surface area contributed by atoms with Gasteiger partial charge in [0.2, 0.25) is 0 Å². The molecule has 1 aromatic heterocycles. The molecule has 5 heteroatoms. The first-order valence-corrected chi connectivity index (χ1v) is 8.42. The maximum atomic E-state index is 12.1. The van der Waals surface area contributed by atoms with Crippen molar-refractivity contribution in [3.63, 3.8) is 0 Å². The molecule has 2 aliphatic heterocycles. The lowest BCUT2D eigenvalue weighted by molar-refractivity contribution is 0.113. The zero-order valence-electron chi connectivity index (χ0n) is 13.8. The van der Waals surface area contributed by atoms with Gasteiger partial charge in [0.05, 0.1) is 7.11 Å². The smallest absolute Gasteiger partial charge is 0.250 e. The fourth-order valence-electron chi connectivity index (χ4n) is 4.17. The molecule has 2 unspecified atom stereocenters. The Morgan fingerprint density at radius 3 is 2.88 bits per heavy atom. The largest absolute Gasteiger partial charge is 0.507 e. The van der Waals surface area contributed by atoms with Crippen molar-refractivity contribution in [1.82, 2.24) is 9.47 Å². The standard InChI is InChI=1S/C19H22N2O3/c1-24-16-6-5-14(18(22)8-16)11-20-9-13-7-15(12-20)17-3-2-4-19(23)21(17)10-13/h2-6,8,13,15,22H,7,9-12H2,1H3. The van der Waals surface area contributed by atoms with Crippen LogP contribution >= 0.6 is 0 Å². The number of methoxy groups -OCH3 is 1. The Bertz CT molecular complexity index is 814. The number of hydrogen-bond donors (Lipinski definition) is 1. The van der Waals surface area contributed by atoms with Crippen LogP contribution in [0.25, 0.3) is 0 Å². The minimum absolute atomic E-state index is 0.114. The number of nitrogens with zero attached hydrogens (tertiary/aromatic N) is 2. The quantitative estimate of drug-likeness (QED) is 0.939. The number of hydrogen-bond acceptors (Lipinski definition) is 4. The molecule has 2 aromatic rings. The molecule has 5 nitrogen and oxygen atoms in total. The molecule has 2 bridgehead atoms. The molecule has 2 aliphatic rings. The zero-order chi connectivity index (χ0) is 16.7. The van der Waals surface area contributed by atoms with E-state index in [1.165, 1.54) is 0 Å². The molecule has 2 atom stereocenters. The highest BCUT2D eigenvalue weighted by atomic mass is 16.5. The maximum Gasteiger partial charge on any atom is 0.250 e. The molecule has 1 aromatic carbocycles. The number of aromatic hydroxyl groups is 1. The molecule has 0 amide bonds. The molecule has 24 heavy (non-hydrogen) atoms. The minimum Gasteiger partial charge on any atom is -0.507 e. The first-order valence-electron chi connectivity index (χ1n) is 8.42. The van der Waals surface area contributed by atoms with Gasteiger partial charge < -0.3 is 14.4 Å². The number of phenolic OH excluding ortho intramolecular Hbond substituents is 1. The second kappa shape index (κ2) is 5.98. The van der Waals surface area contributed by atoms with E-state index >= 15 is 0 Å². The highest BCUT2D eigenvalue weighted by Gasteiger charge is 2.34. The van der Waals surface area contributed by atoms with Gasteiger partial charge in [0, 0.05) is 55.5 Å². The molecule has 0 saturated carbocycles. The van der Waals surface area contributed by atoms with Gasteiger partial charge in [0.1, 0.15) is 11.5 Å². The van der Waals surface area contributed by atoms with Gasteiger partial charge in [0.25, 0.3) is 5.56 Å². The van der Waals surface area contributed by atoms with Crippen molar-refractivity contribution < 1.29 is 9.84 Å². The summed E-state index contributed by atoms with van der Waals surface area (Å²) in [6, 6.07) is 11.1. The lowest BCUT2D eigenvalue weighted by Crippen LogP contribution is -2.46. The summed E-state index contributed by atoms with van der Waals surface area (Å²) in [4.78, 5) is 14.5. The van der Waals surface area contributed by atoms with Crippen LogP contribution in [-0.4, -0.2) is 34.8 Å². The first-order chi connectivity index (χ1) is 11.6. The highest BCUT2D eigenvalue weighted by molar-refractivity contribution is 5.39. The molecular formula is C19H22N2O3. The average Bonchev–Trinajstić information content (AvgIpc) is 2.58. The van der Waals surface area contributed by atoms with Gasteiger partial charge in [-0.15, -0.1) is 0 Å². The lowest BCUT2D eigenvalue weighted by Gasteiger charge is -2.42. The van der Waals surface area contributed by atoms with Gasteiger partial charge >= 0.3 is 0 Å². The van der Waals surface area contributed by atoms with E-state index in [0.29, 0.717) is 17.6 Å².